The Kier molecular flexibility index (Phi) is 5.51. The van der Waals surface area contributed by atoms with Gasteiger partial charge in [0, 0.05) is 36.8 Å². The molecular weight excluding hydrogens is 308 g/mol. The van der Waals surface area contributed by atoms with E-state index in [1.165, 1.54) is 11.3 Å². The van der Waals surface area contributed by atoms with E-state index in [1.807, 2.05) is 14.0 Å². The van der Waals surface area contributed by atoms with E-state index in [2.05, 4.69) is 20.0 Å². The van der Waals surface area contributed by atoms with Gasteiger partial charge in [-0.25, -0.2) is 18.1 Å². The Hall–Kier alpha value is -1.22. The van der Waals surface area contributed by atoms with E-state index in [0.717, 1.165) is 22.7 Å². The van der Waals surface area contributed by atoms with E-state index in [-0.39, 0.29) is 0 Å². The summed E-state index contributed by atoms with van der Waals surface area (Å²) >= 11 is 1.32. The van der Waals surface area contributed by atoms with Crippen LogP contribution in [0, 0.1) is 6.92 Å². The summed E-state index contributed by atoms with van der Waals surface area (Å²) in [6, 6.07) is 1.73. The number of imidazole rings is 1. The zero-order valence-corrected chi connectivity index (χ0v) is 13.8. The molecule has 3 N–H and O–H groups in total. The van der Waals surface area contributed by atoms with Gasteiger partial charge < -0.3 is 10.3 Å². The van der Waals surface area contributed by atoms with Crippen LogP contribution < -0.4 is 10.0 Å². The van der Waals surface area contributed by atoms with Crippen molar-refractivity contribution in [2.45, 2.75) is 30.5 Å². The summed E-state index contributed by atoms with van der Waals surface area (Å²) in [5.74, 6) is 0.873. The fraction of sp³-hybridized carbons (Fsp3) is 0.462. The number of nitrogens with zero attached hydrogens (tertiary/aromatic N) is 1. The molecule has 116 valence electrons. The Morgan fingerprint density at radius 2 is 2.24 bits per heavy atom. The van der Waals surface area contributed by atoms with Crippen molar-refractivity contribution in [1.82, 2.24) is 20.0 Å². The Morgan fingerprint density at radius 1 is 1.43 bits per heavy atom. The van der Waals surface area contributed by atoms with Crippen LogP contribution in [-0.4, -0.2) is 32.0 Å². The summed E-state index contributed by atoms with van der Waals surface area (Å²) in [6.07, 6.45) is 4.89. The van der Waals surface area contributed by atoms with E-state index in [9.17, 15) is 8.42 Å². The van der Waals surface area contributed by atoms with Crippen LogP contribution in [0.3, 0.4) is 0 Å². The number of nitrogens with one attached hydrogen (secondary N) is 3. The Balaban J connectivity index is 1.90. The molecular formula is C13H20N4O2S2. The van der Waals surface area contributed by atoms with E-state index in [4.69, 9.17) is 0 Å². The highest BCUT2D eigenvalue weighted by molar-refractivity contribution is 7.91. The third kappa shape index (κ3) is 4.37. The molecule has 0 saturated carbocycles. The molecule has 0 bridgehead atoms. The van der Waals surface area contributed by atoms with Crippen molar-refractivity contribution >= 4 is 21.4 Å². The topological polar surface area (TPSA) is 86.9 Å². The number of thiophene rings is 1. The second kappa shape index (κ2) is 7.17. The van der Waals surface area contributed by atoms with Gasteiger partial charge in [0.1, 0.15) is 10.0 Å². The predicted molar refractivity (Wildman–Crippen MR) is 83.9 cm³/mol. The molecule has 0 unspecified atom stereocenters. The van der Waals surface area contributed by atoms with Crippen LogP contribution in [0.4, 0.5) is 0 Å². The summed E-state index contributed by atoms with van der Waals surface area (Å²) in [6.45, 7) is 3.02. The number of aromatic amines is 1. The van der Waals surface area contributed by atoms with E-state index < -0.39 is 10.0 Å². The lowest BCUT2D eigenvalue weighted by molar-refractivity contribution is 0.580. The monoisotopic (exact) mass is 328 g/mol. The predicted octanol–water partition coefficient (Wildman–Crippen LogP) is 1.41. The number of rotatable bonds is 8. The first-order valence-electron chi connectivity index (χ1n) is 6.75. The van der Waals surface area contributed by atoms with Crippen molar-refractivity contribution in [1.29, 1.82) is 0 Å². The average Bonchev–Trinajstić information content (AvgIpc) is 3.06. The van der Waals surface area contributed by atoms with Crippen LogP contribution >= 0.6 is 11.3 Å². The normalized spacial score (nSPS) is 11.9. The average molecular weight is 328 g/mol. The third-order valence-corrected chi connectivity index (χ3v) is 6.21. The molecule has 0 spiro atoms. The molecule has 0 saturated heterocycles. The molecule has 8 heteroatoms. The fourth-order valence-corrected chi connectivity index (χ4v) is 4.64. The molecule has 0 radical (unpaired) electrons. The summed E-state index contributed by atoms with van der Waals surface area (Å²) < 4.78 is 27.5. The molecule has 21 heavy (non-hydrogen) atoms. The third-order valence-electron chi connectivity index (χ3n) is 3.04. The van der Waals surface area contributed by atoms with Crippen molar-refractivity contribution in [2.24, 2.45) is 0 Å². The highest BCUT2D eigenvalue weighted by Gasteiger charge is 2.18. The SMILES string of the molecule is CNCc1sc(S(=O)(=O)NCCCc2ncc[nH]2)cc1C. The van der Waals surface area contributed by atoms with Gasteiger partial charge >= 0.3 is 0 Å². The lowest BCUT2D eigenvalue weighted by atomic mass is 10.3. The van der Waals surface area contributed by atoms with Gasteiger partial charge in [-0.05, 0) is 32.0 Å². The molecule has 2 rings (SSSR count). The highest BCUT2D eigenvalue weighted by atomic mass is 32.2. The maximum Gasteiger partial charge on any atom is 0.250 e. The van der Waals surface area contributed by atoms with E-state index >= 15 is 0 Å². The van der Waals surface area contributed by atoms with Crippen LogP contribution in [-0.2, 0) is 23.0 Å². The van der Waals surface area contributed by atoms with Crippen LogP contribution in [0.15, 0.2) is 22.7 Å². The van der Waals surface area contributed by atoms with Crippen LogP contribution in [0.2, 0.25) is 0 Å². The van der Waals surface area contributed by atoms with Gasteiger partial charge in [0.2, 0.25) is 10.0 Å². The molecule has 2 aromatic heterocycles. The fourth-order valence-electron chi connectivity index (χ4n) is 1.93. The molecule has 0 fully saturated rings. The quantitative estimate of drug-likeness (QED) is 0.640. The van der Waals surface area contributed by atoms with Crippen molar-refractivity contribution in [3.63, 3.8) is 0 Å². The largest absolute Gasteiger partial charge is 0.349 e. The highest BCUT2D eigenvalue weighted by Crippen LogP contribution is 2.25. The first-order chi connectivity index (χ1) is 10.0. The maximum absolute atomic E-state index is 12.2. The number of aromatic nitrogens is 2. The molecule has 6 nitrogen and oxygen atoms in total. The van der Waals surface area contributed by atoms with Crippen molar-refractivity contribution in [2.75, 3.05) is 13.6 Å². The van der Waals surface area contributed by atoms with Gasteiger partial charge in [0.15, 0.2) is 0 Å². The first-order valence-corrected chi connectivity index (χ1v) is 9.04. The van der Waals surface area contributed by atoms with Crippen LogP contribution in [0.5, 0.6) is 0 Å². The number of hydrogen-bond acceptors (Lipinski definition) is 5. The Bertz CT molecular complexity index is 662. The van der Waals surface area contributed by atoms with Gasteiger partial charge in [-0.1, -0.05) is 0 Å². The maximum atomic E-state index is 12.2. The van der Waals surface area contributed by atoms with Gasteiger partial charge in [0.05, 0.1) is 0 Å². The van der Waals surface area contributed by atoms with E-state index in [1.54, 1.807) is 18.5 Å². The number of sulfonamides is 1. The first kappa shape index (κ1) is 16.2. The summed E-state index contributed by atoms with van der Waals surface area (Å²) in [5, 5.41) is 3.04. The number of hydrogen-bond donors (Lipinski definition) is 3. The smallest absolute Gasteiger partial charge is 0.250 e. The second-order valence-corrected chi connectivity index (χ2v) is 7.87. The second-order valence-electron chi connectivity index (χ2n) is 4.74. The lowest BCUT2D eigenvalue weighted by Crippen LogP contribution is -2.24. The van der Waals surface area contributed by atoms with Crippen LogP contribution in [0.25, 0.3) is 0 Å². The molecule has 0 amide bonds. The number of aryl methyl sites for hydroxylation is 2. The minimum Gasteiger partial charge on any atom is -0.349 e. The lowest BCUT2D eigenvalue weighted by Gasteiger charge is -2.03. The minimum atomic E-state index is -3.41. The molecule has 2 aromatic rings. The van der Waals surface area contributed by atoms with Gasteiger partial charge in [-0.15, -0.1) is 11.3 Å². The van der Waals surface area contributed by atoms with Crippen molar-refractivity contribution < 1.29 is 8.42 Å². The summed E-state index contributed by atoms with van der Waals surface area (Å²) in [5.41, 5.74) is 1.00. The minimum absolute atomic E-state index is 0.378. The van der Waals surface area contributed by atoms with Gasteiger partial charge in [0.25, 0.3) is 0 Å². The van der Waals surface area contributed by atoms with Crippen LogP contribution in [0.1, 0.15) is 22.7 Å². The molecule has 0 aromatic carbocycles. The number of H-pyrrole nitrogens is 1. The standard InChI is InChI=1S/C13H20N4O2S2/c1-10-8-13(20-11(10)9-14-2)21(18,19)17-5-3-4-12-15-6-7-16-12/h6-8,14,17H,3-5,9H2,1-2H3,(H,15,16). The summed E-state index contributed by atoms with van der Waals surface area (Å²) in [7, 11) is -1.56. The molecule has 0 aliphatic carbocycles. The molecule has 0 aliphatic rings. The van der Waals surface area contributed by atoms with Crippen molar-refractivity contribution in [3.8, 4) is 0 Å². The van der Waals surface area contributed by atoms with Gasteiger partial charge in [-0.3, -0.25) is 0 Å². The zero-order chi connectivity index (χ0) is 15.3. The van der Waals surface area contributed by atoms with E-state index in [0.29, 0.717) is 23.7 Å². The summed E-state index contributed by atoms with van der Waals surface area (Å²) in [4.78, 5) is 8.15. The molecule has 0 aliphatic heterocycles. The molecule has 2 heterocycles. The zero-order valence-electron chi connectivity index (χ0n) is 12.1. The van der Waals surface area contributed by atoms with Crippen molar-refractivity contribution in [3.05, 3.63) is 34.7 Å². The van der Waals surface area contributed by atoms with Gasteiger partial charge in [-0.2, -0.15) is 0 Å². The Morgan fingerprint density at radius 3 is 2.90 bits per heavy atom. The Labute approximate surface area is 129 Å². The molecule has 0 atom stereocenters.